The predicted octanol–water partition coefficient (Wildman–Crippen LogP) is 5.52. The molecule has 0 unspecified atom stereocenters. The molecule has 0 saturated heterocycles. The van der Waals surface area contributed by atoms with Gasteiger partial charge in [-0.3, -0.25) is 14.4 Å². The highest BCUT2D eigenvalue weighted by atomic mass is 16.5. The molecular weight excluding hydrogens is 508 g/mol. The van der Waals surface area contributed by atoms with Crippen LogP contribution in [-0.2, 0) is 38.5 Å². The van der Waals surface area contributed by atoms with Gasteiger partial charge in [0.1, 0.15) is 5.75 Å². The lowest BCUT2D eigenvalue weighted by atomic mass is 9.92. The van der Waals surface area contributed by atoms with E-state index in [1.165, 1.54) is 11.1 Å². The van der Waals surface area contributed by atoms with Crippen LogP contribution < -0.4 is 10.1 Å². The highest BCUT2D eigenvalue weighted by Gasteiger charge is 2.21. The normalized spacial score (nSPS) is 13.3. The van der Waals surface area contributed by atoms with Gasteiger partial charge in [0.15, 0.2) is 0 Å². The first-order valence-corrected chi connectivity index (χ1v) is 13.9. The fraction of sp³-hybridized carbons (Fsp3) is 0.469. The van der Waals surface area contributed by atoms with Gasteiger partial charge in [0.05, 0.1) is 19.6 Å². The highest BCUT2D eigenvalue weighted by Crippen LogP contribution is 2.31. The molecule has 0 bridgehead atoms. The van der Waals surface area contributed by atoms with Crippen molar-refractivity contribution in [2.45, 2.75) is 72.3 Å². The number of hydrogen-bond acceptors (Lipinski definition) is 6. The number of unbranched alkanes of at least 4 members (excludes halogenated alkanes) is 1. The van der Waals surface area contributed by atoms with Gasteiger partial charge in [-0.15, -0.1) is 0 Å². The van der Waals surface area contributed by atoms with Crippen molar-refractivity contribution in [2.24, 2.45) is 0 Å². The van der Waals surface area contributed by atoms with Crippen molar-refractivity contribution >= 4 is 18.3 Å². The maximum atomic E-state index is 12.3. The molecule has 1 aliphatic heterocycles. The molecule has 40 heavy (non-hydrogen) atoms. The van der Waals surface area contributed by atoms with Crippen LogP contribution in [0.25, 0.3) is 0 Å². The lowest BCUT2D eigenvalue weighted by Gasteiger charge is -2.29. The number of fused-ring (bicyclic) bond motifs is 1. The lowest BCUT2D eigenvalue weighted by molar-refractivity contribution is -0.137. The molecule has 0 fully saturated rings. The molecule has 0 aromatic heterocycles. The number of ether oxygens (including phenoxy) is 2. The number of benzene rings is 1. The van der Waals surface area contributed by atoms with Crippen molar-refractivity contribution in [2.75, 3.05) is 26.8 Å². The molecule has 0 atom stereocenters. The number of nitrogens with zero attached hydrogens (tertiary/aromatic N) is 1. The van der Waals surface area contributed by atoms with E-state index in [9.17, 15) is 14.4 Å². The zero-order valence-corrected chi connectivity index (χ0v) is 24.5. The first kappa shape index (κ1) is 34.4. The Morgan fingerprint density at radius 1 is 1.15 bits per heavy atom. The third-order valence-electron chi connectivity index (χ3n) is 6.25. The number of carboxylic acid groups (broad SMARTS) is 1. The van der Waals surface area contributed by atoms with Gasteiger partial charge in [-0.25, -0.2) is 0 Å². The van der Waals surface area contributed by atoms with E-state index in [4.69, 9.17) is 9.84 Å². The average molecular weight is 555 g/mol. The van der Waals surface area contributed by atoms with E-state index in [1.54, 1.807) is 0 Å². The largest absolute Gasteiger partial charge is 0.493 e. The topological polar surface area (TPSA) is 105 Å². The second kappa shape index (κ2) is 20.3. The summed E-state index contributed by atoms with van der Waals surface area (Å²) in [4.78, 5) is 35.0. The van der Waals surface area contributed by atoms with E-state index in [0.717, 1.165) is 54.9 Å². The van der Waals surface area contributed by atoms with Crippen LogP contribution in [0, 0.1) is 0 Å². The Hall–Kier alpha value is -3.65. The molecule has 1 aliphatic rings. The van der Waals surface area contributed by atoms with Gasteiger partial charge < -0.3 is 24.8 Å². The number of amides is 1. The van der Waals surface area contributed by atoms with Crippen LogP contribution in [0.3, 0.4) is 0 Å². The number of likely N-dealkylation sites (N-methyl/N-ethyl adjacent to an activating group) is 1. The fourth-order valence-corrected chi connectivity index (χ4v) is 4.07. The van der Waals surface area contributed by atoms with Gasteiger partial charge in [0.25, 0.3) is 6.47 Å². The Morgan fingerprint density at radius 3 is 2.58 bits per heavy atom. The Morgan fingerprint density at radius 2 is 1.93 bits per heavy atom. The van der Waals surface area contributed by atoms with E-state index < -0.39 is 5.97 Å². The summed E-state index contributed by atoms with van der Waals surface area (Å²) < 4.78 is 10.5. The van der Waals surface area contributed by atoms with Crippen LogP contribution >= 0.6 is 0 Å². The number of carbonyl (C=O) groups excluding carboxylic acids is 2. The summed E-state index contributed by atoms with van der Waals surface area (Å²) in [6, 6.07) is 3.94. The summed E-state index contributed by atoms with van der Waals surface area (Å²) >= 11 is 0. The summed E-state index contributed by atoms with van der Waals surface area (Å²) in [5.41, 5.74) is 5.00. The van der Waals surface area contributed by atoms with E-state index >= 15 is 0 Å². The molecule has 1 aromatic carbocycles. The number of carbonyl (C=O) groups is 3. The molecule has 0 saturated carbocycles. The molecule has 0 spiro atoms. The van der Waals surface area contributed by atoms with Crippen LogP contribution in [0.2, 0.25) is 0 Å². The molecule has 0 aliphatic carbocycles. The van der Waals surface area contributed by atoms with Gasteiger partial charge in [0, 0.05) is 37.2 Å². The maximum Gasteiger partial charge on any atom is 0.303 e. The zero-order chi connectivity index (χ0) is 29.8. The average Bonchev–Trinajstić information content (AvgIpc) is 2.92. The standard InChI is InChI=1S/C27H36N2O4.C5H10O2/c1-5-7-8-9-20(3)18-26(30)28-22(6-2)15-17-33-25-12-10-21(11-13-27(31)32)24-19-29(4)16-14-23(24)25;1-2-3-4-7-5-6/h5-10,12H,3,11,13-19H2,1-2,4H3,(H,28,30)(H,31,32);5H,2-4H2,1H3/b7-5-,9-8-,22-6+;. The minimum Gasteiger partial charge on any atom is -0.493 e. The summed E-state index contributed by atoms with van der Waals surface area (Å²) in [5, 5.41) is 12.0. The maximum absolute atomic E-state index is 12.3. The Kier molecular flexibility index (Phi) is 17.4. The Bertz CT molecular complexity index is 1060. The van der Waals surface area contributed by atoms with Crippen molar-refractivity contribution in [3.8, 4) is 5.75 Å². The van der Waals surface area contributed by atoms with Gasteiger partial charge in [-0.05, 0) is 62.9 Å². The molecule has 1 amide bonds. The molecule has 220 valence electrons. The number of aliphatic carboxylic acids is 1. The zero-order valence-electron chi connectivity index (χ0n) is 24.5. The molecule has 1 aromatic rings. The smallest absolute Gasteiger partial charge is 0.303 e. The monoisotopic (exact) mass is 554 g/mol. The minimum atomic E-state index is -0.786. The van der Waals surface area contributed by atoms with Gasteiger partial charge in [0.2, 0.25) is 5.91 Å². The van der Waals surface area contributed by atoms with Crippen molar-refractivity contribution < 1.29 is 29.0 Å². The second-order valence-electron chi connectivity index (χ2n) is 9.56. The van der Waals surface area contributed by atoms with Crippen LogP contribution in [0.5, 0.6) is 5.75 Å². The fourth-order valence-electron chi connectivity index (χ4n) is 4.07. The molecular formula is C32H46N2O6. The quantitative estimate of drug-likeness (QED) is 0.158. The summed E-state index contributed by atoms with van der Waals surface area (Å²) in [7, 11) is 2.07. The third kappa shape index (κ3) is 13.9. The van der Waals surface area contributed by atoms with Crippen LogP contribution in [0.15, 0.2) is 60.4 Å². The molecule has 2 N–H and O–H groups in total. The SMILES string of the molecule is C=C(/C=C\C=C/C)CC(=O)N/C(=C/C)CCOc1ccc(CCC(=O)O)c2c1CCN(C)C2.CCCCOC=O. The van der Waals surface area contributed by atoms with Crippen molar-refractivity contribution in [3.63, 3.8) is 0 Å². The van der Waals surface area contributed by atoms with Crippen molar-refractivity contribution in [1.82, 2.24) is 10.2 Å². The number of rotatable bonds is 16. The first-order valence-electron chi connectivity index (χ1n) is 13.9. The highest BCUT2D eigenvalue weighted by molar-refractivity contribution is 5.80. The number of allylic oxidation sites excluding steroid dienone is 5. The third-order valence-corrected chi connectivity index (χ3v) is 6.25. The van der Waals surface area contributed by atoms with Crippen LogP contribution in [0.4, 0.5) is 0 Å². The summed E-state index contributed by atoms with van der Waals surface area (Å²) in [6.45, 7) is 13.0. The van der Waals surface area contributed by atoms with E-state index in [-0.39, 0.29) is 18.7 Å². The lowest BCUT2D eigenvalue weighted by Crippen LogP contribution is -2.28. The van der Waals surface area contributed by atoms with Gasteiger partial charge >= 0.3 is 5.97 Å². The number of aryl methyl sites for hydroxylation is 1. The number of nitrogens with one attached hydrogen (secondary N) is 1. The summed E-state index contributed by atoms with van der Waals surface area (Å²) in [5.74, 6) is -0.0329. The summed E-state index contributed by atoms with van der Waals surface area (Å²) in [6.07, 6.45) is 13.8. The minimum absolute atomic E-state index is 0.0959. The molecule has 2 rings (SSSR count). The van der Waals surface area contributed by atoms with E-state index in [2.05, 4.69) is 28.6 Å². The molecule has 0 radical (unpaired) electrons. The van der Waals surface area contributed by atoms with E-state index in [1.807, 2.05) is 63.3 Å². The number of carboxylic acids is 1. The Labute approximate surface area is 239 Å². The predicted molar refractivity (Wildman–Crippen MR) is 159 cm³/mol. The van der Waals surface area contributed by atoms with Crippen molar-refractivity contribution in [1.29, 1.82) is 0 Å². The van der Waals surface area contributed by atoms with Crippen LogP contribution in [-0.4, -0.2) is 55.2 Å². The molecule has 8 heteroatoms. The Balaban J connectivity index is 0.00000101. The first-order chi connectivity index (χ1) is 19.2. The second-order valence-corrected chi connectivity index (χ2v) is 9.56. The van der Waals surface area contributed by atoms with Gasteiger partial charge in [-0.1, -0.05) is 56.4 Å². The van der Waals surface area contributed by atoms with Crippen molar-refractivity contribution in [3.05, 3.63) is 77.1 Å². The van der Waals surface area contributed by atoms with Crippen LogP contribution in [0.1, 0.15) is 69.6 Å². The molecule has 1 heterocycles. The molecule has 8 nitrogen and oxygen atoms in total. The van der Waals surface area contributed by atoms with E-state index in [0.29, 0.717) is 32.5 Å². The van der Waals surface area contributed by atoms with Gasteiger partial charge in [-0.2, -0.15) is 0 Å². The number of hydrogen-bond donors (Lipinski definition) is 2.